The fourth-order valence-electron chi connectivity index (χ4n) is 1.34. The molecule has 0 saturated carbocycles. The van der Waals surface area contributed by atoms with Gasteiger partial charge in [0.15, 0.2) is 0 Å². The van der Waals surface area contributed by atoms with Gasteiger partial charge in [-0.15, -0.1) is 0 Å². The van der Waals surface area contributed by atoms with Gasteiger partial charge in [0, 0.05) is 26.8 Å². The minimum absolute atomic E-state index is 0. The summed E-state index contributed by atoms with van der Waals surface area (Å²) in [7, 11) is 2.71. The van der Waals surface area contributed by atoms with E-state index in [1.807, 2.05) is 0 Å². The van der Waals surface area contributed by atoms with Crippen LogP contribution in [-0.4, -0.2) is 63.5 Å². The molecule has 1 rings (SSSR count). The molecule has 0 aliphatic carbocycles. The van der Waals surface area contributed by atoms with Crippen molar-refractivity contribution in [1.29, 1.82) is 0 Å². The molecular weight excluding hydrogens is 223 g/mol. The SMILES string of the molecule is COC(Cc1cnn(C)c1)(C(=O)O)C(=O)O.[LiH]. The van der Waals surface area contributed by atoms with E-state index in [1.165, 1.54) is 10.9 Å². The molecule has 0 radical (unpaired) electrons. The standard InChI is InChI=1S/C9H12N2O5.Li.H/c1-11-5-6(4-10-11)3-9(16-2,7(12)13)8(14)15;;/h4-5H,3H2,1-2H3,(H,12,13)(H,14,15);;. The number of aliphatic carboxylic acids is 2. The van der Waals surface area contributed by atoms with Crippen LogP contribution in [0.4, 0.5) is 0 Å². The Morgan fingerprint density at radius 3 is 2.29 bits per heavy atom. The molecule has 1 aromatic heterocycles. The van der Waals surface area contributed by atoms with Crippen LogP contribution >= 0.6 is 0 Å². The van der Waals surface area contributed by atoms with E-state index < -0.39 is 17.5 Å². The van der Waals surface area contributed by atoms with Crippen LogP contribution < -0.4 is 0 Å². The third-order valence-corrected chi connectivity index (χ3v) is 2.25. The van der Waals surface area contributed by atoms with Gasteiger partial charge >= 0.3 is 30.8 Å². The normalized spacial score (nSPS) is 10.7. The van der Waals surface area contributed by atoms with E-state index in [9.17, 15) is 9.59 Å². The summed E-state index contributed by atoms with van der Waals surface area (Å²) < 4.78 is 6.10. The van der Waals surface area contributed by atoms with Gasteiger partial charge in [0.2, 0.25) is 0 Å². The van der Waals surface area contributed by atoms with Gasteiger partial charge < -0.3 is 14.9 Å². The van der Waals surface area contributed by atoms with Crippen LogP contribution in [0, 0.1) is 0 Å². The molecule has 2 N–H and O–H groups in total. The summed E-state index contributed by atoms with van der Waals surface area (Å²) in [5.41, 5.74) is -1.78. The van der Waals surface area contributed by atoms with Gasteiger partial charge in [-0.1, -0.05) is 0 Å². The molecule has 0 aliphatic heterocycles. The maximum atomic E-state index is 11.0. The van der Waals surface area contributed by atoms with E-state index >= 15 is 0 Å². The summed E-state index contributed by atoms with van der Waals surface area (Å²) in [6.07, 6.45) is 2.67. The molecule has 0 aliphatic rings. The maximum absolute atomic E-state index is 11.0. The Bertz CT molecular complexity index is 403. The number of hydrogen-bond acceptors (Lipinski definition) is 4. The Balaban J connectivity index is 0.00000256. The molecule has 0 aromatic carbocycles. The Morgan fingerprint density at radius 1 is 1.47 bits per heavy atom. The van der Waals surface area contributed by atoms with Gasteiger partial charge in [-0.3, -0.25) is 4.68 Å². The van der Waals surface area contributed by atoms with E-state index in [2.05, 4.69) is 9.84 Å². The average Bonchev–Trinajstić information content (AvgIpc) is 2.59. The van der Waals surface area contributed by atoms with Crippen molar-refractivity contribution in [3.8, 4) is 0 Å². The average molecular weight is 236 g/mol. The molecule has 0 saturated heterocycles. The Labute approximate surface area is 110 Å². The van der Waals surface area contributed by atoms with Gasteiger partial charge in [-0.25, -0.2) is 9.59 Å². The molecule has 0 spiro atoms. The Morgan fingerprint density at radius 2 is 2.00 bits per heavy atom. The number of ether oxygens (including phenoxy) is 1. The Kier molecular flexibility index (Phi) is 5.42. The zero-order valence-corrected chi connectivity index (χ0v) is 8.88. The molecule has 90 valence electrons. The first-order valence-corrected chi connectivity index (χ1v) is 4.42. The zero-order chi connectivity index (χ0) is 12.3. The van der Waals surface area contributed by atoms with Gasteiger partial charge in [-0.05, 0) is 5.56 Å². The second-order valence-corrected chi connectivity index (χ2v) is 3.34. The number of rotatable bonds is 5. The van der Waals surface area contributed by atoms with Crippen LogP contribution in [0.25, 0.3) is 0 Å². The monoisotopic (exact) mass is 236 g/mol. The van der Waals surface area contributed by atoms with Gasteiger partial charge in [-0.2, -0.15) is 5.10 Å². The van der Waals surface area contributed by atoms with Crippen molar-refractivity contribution < 1.29 is 24.5 Å². The van der Waals surface area contributed by atoms with Crippen LogP contribution in [0.2, 0.25) is 0 Å². The first kappa shape index (κ1) is 15.7. The quantitative estimate of drug-likeness (QED) is 0.495. The summed E-state index contributed by atoms with van der Waals surface area (Å²) in [6.45, 7) is 0. The molecule has 7 nitrogen and oxygen atoms in total. The van der Waals surface area contributed by atoms with Crippen molar-refractivity contribution in [2.24, 2.45) is 7.05 Å². The fourth-order valence-corrected chi connectivity index (χ4v) is 1.34. The number of carboxylic acids is 2. The minimum atomic E-state index is -2.26. The van der Waals surface area contributed by atoms with E-state index in [1.54, 1.807) is 13.2 Å². The van der Waals surface area contributed by atoms with Crippen molar-refractivity contribution >= 4 is 30.8 Å². The van der Waals surface area contributed by atoms with Gasteiger partial charge in [0.25, 0.3) is 5.60 Å². The van der Waals surface area contributed by atoms with E-state index in [0.717, 1.165) is 7.11 Å². The fraction of sp³-hybridized carbons (Fsp3) is 0.444. The molecule has 17 heavy (non-hydrogen) atoms. The first-order chi connectivity index (χ1) is 7.42. The third kappa shape index (κ3) is 3.09. The number of methoxy groups -OCH3 is 1. The number of carbonyl (C=O) groups is 2. The molecule has 0 atom stereocenters. The molecule has 0 fully saturated rings. The molecule has 0 amide bonds. The van der Waals surface area contributed by atoms with Crippen LogP contribution in [0.5, 0.6) is 0 Å². The molecule has 8 heteroatoms. The van der Waals surface area contributed by atoms with Crippen molar-refractivity contribution in [1.82, 2.24) is 9.78 Å². The van der Waals surface area contributed by atoms with Crippen molar-refractivity contribution in [3.63, 3.8) is 0 Å². The number of nitrogens with zero attached hydrogens (tertiary/aromatic N) is 2. The summed E-state index contributed by atoms with van der Waals surface area (Å²) in [5, 5.41) is 21.7. The second kappa shape index (κ2) is 5.86. The van der Waals surface area contributed by atoms with Gasteiger partial charge in [0.1, 0.15) is 0 Å². The molecule has 0 bridgehead atoms. The number of aromatic nitrogens is 2. The predicted octanol–water partition coefficient (Wildman–Crippen LogP) is -1.13. The molecule has 1 aromatic rings. The topological polar surface area (TPSA) is 102 Å². The number of carboxylic acid groups (broad SMARTS) is 2. The number of aryl methyl sites for hydroxylation is 1. The van der Waals surface area contributed by atoms with Crippen LogP contribution in [0.3, 0.4) is 0 Å². The zero-order valence-electron chi connectivity index (χ0n) is 8.88. The van der Waals surface area contributed by atoms with Crippen molar-refractivity contribution in [2.45, 2.75) is 12.0 Å². The van der Waals surface area contributed by atoms with Crippen molar-refractivity contribution in [3.05, 3.63) is 18.0 Å². The Hall–Kier alpha value is -1.29. The van der Waals surface area contributed by atoms with Crippen LogP contribution in [-0.2, 0) is 27.8 Å². The second-order valence-electron chi connectivity index (χ2n) is 3.34. The van der Waals surface area contributed by atoms with E-state index in [4.69, 9.17) is 10.2 Å². The predicted molar refractivity (Wildman–Crippen MR) is 59.1 cm³/mol. The summed E-state index contributed by atoms with van der Waals surface area (Å²) >= 11 is 0. The molecule has 0 unspecified atom stereocenters. The van der Waals surface area contributed by atoms with Crippen molar-refractivity contribution in [2.75, 3.05) is 7.11 Å². The molecular formula is C9H13LiN2O5. The van der Waals surface area contributed by atoms with Crippen LogP contribution in [0.1, 0.15) is 5.56 Å². The summed E-state index contributed by atoms with van der Waals surface area (Å²) in [4.78, 5) is 21.9. The summed E-state index contributed by atoms with van der Waals surface area (Å²) in [6, 6.07) is 0. The van der Waals surface area contributed by atoms with Crippen LogP contribution in [0.15, 0.2) is 12.4 Å². The number of hydrogen-bond donors (Lipinski definition) is 2. The third-order valence-electron chi connectivity index (χ3n) is 2.25. The van der Waals surface area contributed by atoms with E-state index in [-0.39, 0.29) is 25.3 Å². The van der Waals surface area contributed by atoms with E-state index in [0.29, 0.717) is 5.56 Å². The first-order valence-electron chi connectivity index (χ1n) is 4.42. The summed E-state index contributed by atoms with van der Waals surface area (Å²) in [5.74, 6) is -3.07. The van der Waals surface area contributed by atoms with Gasteiger partial charge in [0.05, 0.1) is 6.20 Å². The molecule has 1 heterocycles.